The molecule has 2 heterocycles. The number of anilines is 3. The van der Waals surface area contributed by atoms with Gasteiger partial charge < -0.3 is 9.64 Å². The van der Waals surface area contributed by atoms with Gasteiger partial charge in [-0.3, -0.25) is 0 Å². The number of thiophene rings is 1. The molecular formula is C51H33NOS. The molecule has 11 rings (SSSR count). The second-order valence-electron chi connectivity index (χ2n) is 14.0. The van der Waals surface area contributed by atoms with E-state index >= 15 is 0 Å². The van der Waals surface area contributed by atoms with Gasteiger partial charge in [-0.05, 0) is 93.0 Å². The fourth-order valence-corrected chi connectivity index (χ4v) is 10.1. The average Bonchev–Trinajstić information content (AvgIpc) is 3.76. The third-order valence-corrected chi connectivity index (χ3v) is 12.4. The number of nitrogens with zero attached hydrogens (tertiary/aromatic N) is 1. The van der Waals surface area contributed by atoms with Gasteiger partial charge in [0, 0.05) is 32.7 Å². The topological polar surface area (TPSA) is 12.5 Å². The van der Waals surface area contributed by atoms with Gasteiger partial charge in [-0.25, -0.2) is 0 Å². The van der Waals surface area contributed by atoms with Crippen molar-refractivity contribution in [2.24, 2.45) is 0 Å². The summed E-state index contributed by atoms with van der Waals surface area (Å²) >= 11 is 1.86. The second kappa shape index (κ2) is 12.2. The highest BCUT2D eigenvalue weighted by molar-refractivity contribution is 7.19. The fraction of sp³-hybridized carbons (Fsp3) is 0.0196. The molecule has 1 spiro atoms. The van der Waals surface area contributed by atoms with Crippen molar-refractivity contribution in [2.75, 3.05) is 4.90 Å². The highest BCUT2D eigenvalue weighted by Gasteiger charge is 2.52. The largest absolute Gasteiger partial charge is 0.455 e. The summed E-state index contributed by atoms with van der Waals surface area (Å²) in [4.78, 5) is 3.60. The molecular weight excluding hydrogens is 675 g/mol. The first kappa shape index (κ1) is 30.9. The lowest BCUT2D eigenvalue weighted by Crippen LogP contribution is -2.30. The van der Waals surface area contributed by atoms with E-state index in [1.54, 1.807) is 0 Å². The van der Waals surface area contributed by atoms with Crippen LogP contribution < -0.4 is 9.64 Å². The highest BCUT2D eigenvalue weighted by atomic mass is 32.1. The minimum atomic E-state index is -0.471. The predicted molar refractivity (Wildman–Crippen MR) is 225 cm³/mol. The van der Waals surface area contributed by atoms with Crippen LogP contribution in [0.15, 0.2) is 200 Å². The molecule has 3 heteroatoms. The van der Waals surface area contributed by atoms with Gasteiger partial charge in [-0.1, -0.05) is 152 Å². The van der Waals surface area contributed by atoms with Crippen LogP contribution in [0.25, 0.3) is 43.5 Å². The summed E-state index contributed by atoms with van der Waals surface area (Å²) in [5.41, 5.74) is 14.0. The molecule has 0 unspecified atom stereocenters. The number of hydrogen-bond acceptors (Lipinski definition) is 3. The normalized spacial score (nSPS) is 13.1. The number of benzene rings is 8. The molecule has 2 aliphatic rings. The van der Waals surface area contributed by atoms with E-state index in [9.17, 15) is 0 Å². The van der Waals surface area contributed by atoms with E-state index in [0.717, 1.165) is 33.9 Å². The third kappa shape index (κ3) is 4.59. The predicted octanol–water partition coefficient (Wildman–Crippen LogP) is 14.2. The van der Waals surface area contributed by atoms with Gasteiger partial charge in [0.05, 0.1) is 10.3 Å². The summed E-state index contributed by atoms with van der Waals surface area (Å²) in [7, 11) is 0. The van der Waals surface area contributed by atoms with E-state index in [0.29, 0.717) is 0 Å². The molecule has 0 radical (unpaired) electrons. The van der Waals surface area contributed by atoms with Gasteiger partial charge in [0.1, 0.15) is 5.75 Å². The number of hydrogen-bond donors (Lipinski definition) is 0. The molecule has 54 heavy (non-hydrogen) atoms. The summed E-state index contributed by atoms with van der Waals surface area (Å²) in [6, 6.07) is 72.3. The van der Waals surface area contributed by atoms with Crippen LogP contribution in [-0.2, 0) is 5.41 Å². The molecule has 0 amide bonds. The molecule has 8 aromatic carbocycles. The maximum atomic E-state index is 6.92. The molecule has 1 aliphatic carbocycles. The van der Waals surface area contributed by atoms with Crippen LogP contribution in [0.2, 0.25) is 0 Å². The SMILES string of the molecule is c1ccc(-c2ccc(N(c3ccc(-c4ccccc4)cc3)c3ccc4c5c(sc4c3)C3(c4ccccc4O5)c4ccccc4-c4ccccc43)cc2)cc1. The quantitative estimate of drug-likeness (QED) is 0.177. The van der Waals surface area contributed by atoms with E-state index in [4.69, 9.17) is 4.74 Å². The first-order valence-electron chi connectivity index (χ1n) is 18.4. The van der Waals surface area contributed by atoms with Gasteiger partial charge in [-0.15, -0.1) is 11.3 Å². The Hall–Kier alpha value is -6.68. The Labute approximate surface area is 318 Å². The monoisotopic (exact) mass is 707 g/mol. The van der Waals surface area contributed by atoms with Crippen molar-refractivity contribution in [3.8, 4) is 44.9 Å². The molecule has 0 saturated carbocycles. The summed E-state index contributed by atoms with van der Waals surface area (Å²) in [6.45, 7) is 0. The zero-order valence-corrected chi connectivity index (χ0v) is 30.1. The van der Waals surface area contributed by atoms with Crippen molar-refractivity contribution in [1.29, 1.82) is 0 Å². The van der Waals surface area contributed by atoms with Crippen LogP contribution in [0.1, 0.15) is 21.6 Å². The Balaban J connectivity index is 1.10. The molecule has 254 valence electrons. The van der Waals surface area contributed by atoms with Crippen molar-refractivity contribution in [3.05, 3.63) is 222 Å². The zero-order chi connectivity index (χ0) is 35.6. The van der Waals surface area contributed by atoms with Crippen LogP contribution >= 0.6 is 11.3 Å². The summed E-state index contributed by atoms with van der Waals surface area (Å²) < 4.78 is 8.12. The van der Waals surface area contributed by atoms with E-state index in [1.807, 2.05) is 11.3 Å². The van der Waals surface area contributed by atoms with Crippen molar-refractivity contribution >= 4 is 38.5 Å². The van der Waals surface area contributed by atoms with Crippen molar-refractivity contribution in [2.45, 2.75) is 5.41 Å². The number of para-hydroxylation sites is 1. The molecule has 0 fully saturated rings. The van der Waals surface area contributed by atoms with Gasteiger partial charge in [0.2, 0.25) is 0 Å². The lowest BCUT2D eigenvalue weighted by atomic mass is 9.69. The fourth-order valence-electron chi connectivity index (χ4n) is 8.73. The first-order valence-corrected chi connectivity index (χ1v) is 19.2. The average molecular weight is 708 g/mol. The number of ether oxygens (including phenoxy) is 1. The Morgan fingerprint density at radius 1 is 0.407 bits per heavy atom. The van der Waals surface area contributed by atoms with Gasteiger partial charge in [0.15, 0.2) is 5.75 Å². The molecule has 2 nitrogen and oxygen atoms in total. The molecule has 1 aliphatic heterocycles. The molecule has 1 aromatic heterocycles. The maximum absolute atomic E-state index is 6.92. The van der Waals surface area contributed by atoms with Crippen molar-refractivity contribution in [1.82, 2.24) is 0 Å². The van der Waals surface area contributed by atoms with Crippen LogP contribution in [0, 0.1) is 0 Å². The lowest BCUT2D eigenvalue weighted by molar-refractivity contribution is 0.447. The smallest absolute Gasteiger partial charge is 0.150 e. The highest BCUT2D eigenvalue weighted by Crippen LogP contribution is 2.65. The van der Waals surface area contributed by atoms with Crippen LogP contribution in [0.4, 0.5) is 17.1 Å². The zero-order valence-electron chi connectivity index (χ0n) is 29.3. The van der Waals surface area contributed by atoms with Crippen molar-refractivity contribution in [3.63, 3.8) is 0 Å². The Bertz CT molecular complexity index is 2710. The van der Waals surface area contributed by atoms with Crippen LogP contribution in [0.3, 0.4) is 0 Å². The Kier molecular flexibility index (Phi) is 6.98. The Morgan fingerprint density at radius 3 is 1.44 bits per heavy atom. The number of rotatable bonds is 5. The van der Waals surface area contributed by atoms with Crippen LogP contribution in [0.5, 0.6) is 11.5 Å². The standard InChI is InChI=1S/C51H33NOS/c1-3-13-34(14-4-1)36-23-27-38(28-24-36)52(39-29-25-37(26-30-39)35-15-5-2-6-16-35)40-31-32-43-48(33-40)54-50-49(43)53-47-22-12-11-21-46(47)51(50)44-19-9-7-17-41(44)42-18-8-10-20-45(42)51/h1-33H. The maximum Gasteiger partial charge on any atom is 0.150 e. The van der Waals surface area contributed by atoms with E-state index < -0.39 is 5.41 Å². The summed E-state index contributed by atoms with van der Waals surface area (Å²) in [5.74, 6) is 1.87. The van der Waals surface area contributed by atoms with Crippen LogP contribution in [-0.4, -0.2) is 0 Å². The Morgan fingerprint density at radius 2 is 0.870 bits per heavy atom. The second-order valence-corrected chi connectivity index (χ2v) is 15.1. The van der Waals surface area contributed by atoms with E-state index in [-0.39, 0.29) is 0 Å². The van der Waals surface area contributed by atoms with Gasteiger partial charge in [-0.2, -0.15) is 0 Å². The lowest BCUT2D eigenvalue weighted by Gasteiger charge is -2.37. The van der Waals surface area contributed by atoms with E-state index in [2.05, 4.69) is 205 Å². The van der Waals surface area contributed by atoms with Gasteiger partial charge >= 0.3 is 0 Å². The first-order chi connectivity index (χ1) is 26.8. The number of fused-ring (bicyclic) bond motifs is 11. The minimum absolute atomic E-state index is 0.471. The molecule has 0 saturated heterocycles. The minimum Gasteiger partial charge on any atom is -0.455 e. The molecule has 9 aromatic rings. The van der Waals surface area contributed by atoms with Gasteiger partial charge in [0.25, 0.3) is 0 Å². The van der Waals surface area contributed by atoms with E-state index in [1.165, 1.54) is 59.6 Å². The summed E-state index contributed by atoms with van der Waals surface area (Å²) in [6.07, 6.45) is 0. The molecule has 0 N–H and O–H groups in total. The van der Waals surface area contributed by atoms with Crippen molar-refractivity contribution < 1.29 is 4.74 Å². The molecule has 0 bridgehead atoms. The third-order valence-electron chi connectivity index (χ3n) is 11.1. The molecule has 0 atom stereocenters. The summed E-state index contributed by atoms with van der Waals surface area (Å²) in [5, 5.41) is 1.13.